The molecule has 3 N–H and O–H groups in total. The minimum atomic E-state index is -0.267. The summed E-state index contributed by atoms with van der Waals surface area (Å²) in [6, 6.07) is 5.60. The third kappa shape index (κ3) is 2.98. The molecule has 1 atom stereocenters. The van der Waals surface area contributed by atoms with Crippen molar-refractivity contribution in [3.8, 4) is 0 Å². The molecule has 5 heteroatoms. The second kappa shape index (κ2) is 5.93. The van der Waals surface area contributed by atoms with E-state index in [4.69, 9.17) is 10.5 Å². The number of nitrogens with zero attached hydrogens (tertiary/aromatic N) is 1. The lowest BCUT2D eigenvalue weighted by molar-refractivity contribution is -0.124. The van der Waals surface area contributed by atoms with Gasteiger partial charge in [-0.25, -0.2) is 0 Å². The Kier molecular flexibility index (Phi) is 4.27. The Morgan fingerprint density at radius 2 is 2.37 bits per heavy atom. The third-order valence-electron chi connectivity index (χ3n) is 3.37. The minimum Gasteiger partial charge on any atom is -0.399 e. The lowest BCUT2D eigenvalue weighted by Crippen LogP contribution is -2.54. The summed E-state index contributed by atoms with van der Waals surface area (Å²) in [5.41, 5.74) is 8.65. The van der Waals surface area contributed by atoms with Gasteiger partial charge in [-0.05, 0) is 37.6 Å². The molecule has 5 nitrogen and oxygen atoms in total. The van der Waals surface area contributed by atoms with E-state index in [-0.39, 0.29) is 11.9 Å². The molecule has 1 unspecified atom stereocenters. The molecular formula is C14H21N3O2. The van der Waals surface area contributed by atoms with Gasteiger partial charge in [-0.2, -0.15) is 0 Å². The van der Waals surface area contributed by atoms with Gasteiger partial charge in [-0.15, -0.1) is 0 Å². The van der Waals surface area contributed by atoms with E-state index < -0.39 is 0 Å². The van der Waals surface area contributed by atoms with Gasteiger partial charge >= 0.3 is 0 Å². The van der Waals surface area contributed by atoms with Crippen LogP contribution in [0.2, 0.25) is 0 Å². The van der Waals surface area contributed by atoms with Crippen LogP contribution in [-0.4, -0.2) is 38.3 Å². The number of aryl methyl sites for hydroxylation is 1. The van der Waals surface area contributed by atoms with Crippen molar-refractivity contribution in [1.82, 2.24) is 5.32 Å². The first kappa shape index (κ1) is 13.7. The smallest absolute Gasteiger partial charge is 0.245 e. The Morgan fingerprint density at radius 1 is 1.58 bits per heavy atom. The van der Waals surface area contributed by atoms with E-state index in [1.165, 1.54) is 0 Å². The Hall–Kier alpha value is -1.75. The second-order valence-corrected chi connectivity index (χ2v) is 4.72. The number of ether oxygens (including phenoxy) is 1. The van der Waals surface area contributed by atoms with Crippen molar-refractivity contribution in [2.75, 3.05) is 36.9 Å². The molecule has 0 bridgehead atoms. The number of carbonyl (C=O) groups excluding carboxylic acids is 1. The number of nitrogen functional groups attached to an aromatic ring is 1. The molecule has 2 rings (SSSR count). The number of nitrogens with two attached hydrogens (primary N) is 1. The zero-order valence-corrected chi connectivity index (χ0v) is 11.5. The summed E-state index contributed by atoms with van der Waals surface area (Å²) in [4.78, 5) is 14.2. The molecule has 1 aliphatic rings. The number of morpholine rings is 1. The SMILES string of the molecule is CCNC(=O)C1COCCN1c1ccc(N)c(C)c1. The van der Waals surface area contributed by atoms with E-state index in [0.717, 1.165) is 16.9 Å². The second-order valence-electron chi connectivity index (χ2n) is 4.72. The zero-order chi connectivity index (χ0) is 13.8. The Morgan fingerprint density at radius 3 is 3.05 bits per heavy atom. The highest BCUT2D eigenvalue weighted by Crippen LogP contribution is 2.24. The van der Waals surface area contributed by atoms with Gasteiger partial charge in [0.05, 0.1) is 13.2 Å². The summed E-state index contributed by atoms with van der Waals surface area (Å²) in [6.07, 6.45) is 0. The number of nitrogens with one attached hydrogen (secondary N) is 1. The van der Waals surface area contributed by atoms with Crippen molar-refractivity contribution in [3.63, 3.8) is 0 Å². The molecule has 0 aromatic heterocycles. The normalized spacial score (nSPS) is 19.3. The number of anilines is 2. The first-order valence-electron chi connectivity index (χ1n) is 6.61. The van der Waals surface area contributed by atoms with Gasteiger partial charge in [-0.1, -0.05) is 0 Å². The topological polar surface area (TPSA) is 67.6 Å². The highest BCUT2D eigenvalue weighted by atomic mass is 16.5. The van der Waals surface area contributed by atoms with Crippen LogP contribution in [0.3, 0.4) is 0 Å². The lowest BCUT2D eigenvalue weighted by Gasteiger charge is -2.36. The first-order valence-corrected chi connectivity index (χ1v) is 6.61. The monoisotopic (exact) mass is 263 g/mol. The molecule has 1 aliphatic heterocycles. The number of hydrogen-bond acceptors (Lipinski definition) is 4. The molecule has 0 saturated carbocycles. The fourth-order valence-corrected chi connectivity index (χ4v) is 2.26. The van der Waals surface area contributed by atoms with Crippen LogP contribution in [0.25, 0.3) is 0 Å². The molecule has 104 valence electrons. The molecule has 1 heterocycles. The van der Waals surface area contributed by atoms with E-state index in [1.54, 1.807) is 0 Å². The van der Waals surface area contributed by atoms with Gasteiger partial charge in [0.15, 0.2) is 0 Å². The molecule has 1 fully saturated rings. The van der Waals surface area contributed by atoms with Crippen LogP contribution >= 0.6 is 0 Å². The number of benzene rings is 1. The van der Waals surface area contributed by atoms with Crippen LogP contribution < -0.4 is 16.0 Å². The highest BCUT2D eigenvalue weighted by molar-refractivity contribution is 5.85. The van der Waals surface area contributed by atoms with Crippen LogP contribution in [0.15, 0.2) is 18.2 Å². The number of likely N-dealkylation sites (N-methyl/N-ethyl adjacent to an activating group) is 1. The van der Waals surface area contributed by atoms with Crippen molar-refractivity contribution < 1.29 is 9.53 Å². The molecule has 1 saturated heterocycles. The third-order valence-corrected chi connectivity index (χ3v) is 3.37. The highest BCUT2D eigenvalue weighted by Gasteiger charge is 2.29. The van der Waals surface area contributed by atoms with E-state index in [1.807, 2.05) is 32.0 Å². The summed E-state index contributed by atoms with van der Waals surface area (Å²) in [5, 5.41) is 2.86. The molecule has 0 radical (unpaired) electrons. The molecule has 1 aromatic rings. The Bertz CT molecular complexity index is 462. The van der Waals surface area contributed by atoms with Crippen LogP contribution in [0.1, 0.15) is 12.5 Å². The van der Waals surface area contributed by atoms with Crippen molar-refractivity contribution in [2.45, 2.75) is 19.9 Å². The van der Waals surface area contributed by atoms with Crippen molar-refractivity contribution >= 4 is 17.3 Å². The van der Waals surface area contributed by atoms with Crippen LogP contribution in [0.4, 0.5) is 11.4 Å². The number of carbonyl (C=O) groups is 1. The lowest BCUT2D eigenvalue weighted by atomic mass is 10.1. The van der Waals surface area contributed by atoms with Crippen molar-refractivity contribution in [3.05, 3.63) is 23.8 Å². The maximum atomic E-state index is 12.1. The van der Waals surface area contributed by atoms with E-state index in [0.29, 0.717) is 26.3 Å². The van der Waals surface area contributed by atoms with Gasteiger partial charge in [0.2, 0.25) is 5.91 Å². The van der Waals surface area contributed by atoms with Gasteiger partial charge in [-0.3, -0.25) is 4.79 Å². The van der Waals surface area contributed by atoms with E-state index >= 15 is 0 Å². The molecule has 1 aromatic carbocycles. The Labute approximate surface area is 113 Å². The number of hydrogen-bond donors (Lipinski definition) is 2. The molecular weight excluding hydrogens is 242 g/mol. The van der Waals surface area contributed by atoms with Gasteiger partial charge < -0.3 is 20.7 Å². The predicted octanol–water partition coefficient (Wildman–Crippen LogP) is 0.919. The average Bonchev–Trinajstić information content (AvgIpc) is 2.42. The summed E-state index contributed by atoms with van der Waals surface area (Å²) >= 11 is 0. The maximum absolute atomic E-state index is 12.1. The van der Waals surface area contributed by atoms with Gasteiger partial charge in [0.25, 0.3) is 0 Å². The molecule has 19 heavy (non-hydrogen) atoms. The molecule has 0 spiro atoms. The van der Waals surface area contributed by atoms with E-state index in [9.17, 15) is 4.79 Å². The number of rotatable bonds is 3. The average molecular weight is 263 g/mol. The Balaban J connectivity index is 2.23. The summed E-state index contributed by atoms with van der Waals surface area (Å²) in [7, 11) is 0. The fourth-order valence-electron chi connectivity index (χ4n) is 2.26. The predicted molar refractivity (Wildman–Crippen MR) is 76.2 cm³/mol. The number of amides is 1. The van der Waals surface area contributed by atoms with E-state index in [2.05, 4.69) is 10.2 Å². The largest absolute Gasteiger partial charge is 0.399 e. The summed E-state index contributed by atoms with van der Waals surface area (Å²) in [6.45, 7) is 6.30. The molecule has 0 aliphatic carbocycles. The van der Waals surface area contributed by atoms with Crippen LogP contribution in [0, 0.1) is 6.92 Å². The summed E-state index contributed by atoms with van der Waals surface area (Å²) < 4.78 is 5.43. The van der Waals surface area contributed by atoms with Gasteiger partial charge in [0, 0.05) is 24.5 Å². The molecule has 1 amide bonds. The van der Waals surface area contributed by atoms with Gasteiger partial charge in [0.1, 0.15) is 6.04 Å². The quantitative estimate of drug-likeness (QED) is 0.796. The fraction of sp³-hybridized carbons (Fsp3) is 0.500. The van der Waals surface area contributed by atoms with Crippen molar-refractivity contribution in [1.29, 1.82) is 0 Å². The van der Waals surface area contributed by atoms with Crippen molar-refractivity contribution in [2.24, 2.45) is 0 Å². The summed E-state index contributed by atoms with van der Waals surface area (Å²) in [5.74, 6) is 0.0108. The zero-order valence-electron chi connectivity index (χ0n) is 11.5. The van der Waals surface area contributed by atoms with Crippen LogP contribution in [0.5, 0.6) is 0 Å². The van der Waals surface area contributed by atoms with Crippen LogP contribution in [-0.2, 0) is 9.53 Å². The standard InChI is InChI=1S/C14H21N3O2/c1-3-16-14(18)13-9-19-7-6-17(13)11-4-5-12(15)10(2)8-11/h4-5,8,13H,3,6-7,9,15H2,1-2H3,(H,16,18). The maximum Gasteiger partial charge on any atom is 0.245 e. The first-order chi connectivity index (χ1) is 9.13. The minimum absolute atomic E-state index is 0.0108.